The fraction of sp³-hybridized carbons (Fsp3) is 0.0588. The predicted molar refractivity (Wildman–Crippen MR) is 222 cm³/mol. The zero-order valence-corrected chi connectivity index (χ0v) is 29.7. The molecule has 0 radical (unpaired) electrons. The first kappa shape index (κ1) is 31.1. The Balaban J connectivity index is 1.12. The first-order valence-corrected chi connectivity index (χ1v) is 18.3. The maximum absolute atomic E-state index is 5.51. The number of fused-ring (bicyclic) bond motifs is 5. The van der Waals surface area contributed by atoms with Gasteiger partial charge in [-0.3, -0.25) is 0 Å². The molecule has 1 aliphatic carbocycles. The van der Waals surface area contributed by atoms with Gasteiger partial charge in [-0.25, -0.2) is 9.97 Å². The molecule has 0 unspecified atom stereocenters. The van der Waals surface area contributed by atoms with Crippen LogP contribution in [-0.4, -0.2) is 9.97 Å². The molecular formula is C51H36N2. The molecule has 9 aromatic rings. The molecule has 53 heavy (non-hydrogen) atoms. The van der Waals surface area contributed by atoms with Crippen LogP contribution in [0.3, 0.4) is 0 Å². The maximum atomic E-state index is 5.51. The summed E-state index contributed by atoms with van der Waals surface area (Å²) in [5.41, 5.74) is 14.6. The number of rotatable bonds is 5. The van der Waals surface area contributed by atoms with E-state index in [9.17, 15) is 0 Å². The first-order chi connectivity index (χ1) is 26.0. The Labute approximate surface area is 310 Å². The number of aromatic nitrogens is 2. The summed E-state index contributed by atoms with van der Waals surface area (Å²) in [6.45, 7) is 4.65. The van der Waals surface area contributed by atoms with Gasteiger partial charge >= 0.3 is 0 Å². The number of nitrogens with zero attached hydrogens (tertiary/aromatic N) is 2. The number of hydrogen-bond donors (Lipinski definition) is 0. The van der Waals surface area contributed by atoms with Crippen LogP contribution in [0.4, 0.5) is 0 Å². The zero-order valence-electron chi connectivity index (χ0n) is 29.7. The molecule has 0 saturated carbocycles. The summed E-state index contributed by atoms with van der Waals surface area (Å²) in [4.78, 5) is 11.0. The second-order valence-corrected chi connectivity index (χ2v) is 14.6. The van der Waals surface area contributed by atoms with Gasteiger partial charge in [-0.05, 0) is 84.8 Å². The molecule has 0 N–H and O–H groups in total. The van der Waals surface area contributed by atoms with E-state index in [4.69, 9.17) is 9.97 Å². The minimum absolute atomic E-state index is 0.291. The average Bonchev–Trinajstić information content (AvgIpc) is 3.44. The van der Waals surface area contributed by atoms with Crippen molar-refractivity contribution in [2.24, 2.45) is 0 Å². The quantitative estimate of drug-likeness (QED) is 0.181. The fourth-order valence-corrected chi connectivity index (χ4v) is 8.29. The van der Waals surface area contributed by atoms with Crippen LogP contribution in [0.1, 0.15) is 25.0 Å². The van der Waals surface area contributed by atoms with Gasteiger partial charge in [0.15, 0.2) is 5.82 Å². The van der Waals surface area contributed by atoms with Gasteiger partial charge in [0.1, 0.15) is 0 Å². The second kappa shape index (κ2) is 12.3. The van der Waals surface area contributed by atoms with Crippen molar-refractivity contribution in [3.8, 4) is 67.3 Å². The lowest BCUT2D eigenvalue weighted by Crippen LogP contribution is -2.17. The highest BCUT2D eigenvalue weighted by Gasteiger charge is 2.40. The van der Waals surface area contributed by atoms with Gasteiger partial charge < -0.3 is 0 Å². The molecule has 0 spiro atoms. The molecule has 0 aliphatic heterocycles. The van der Waals surface area contributed by atoms with Crippen LogP contribution in [0.5, 0.6) is 0 Å². The summed E-state index contributed by atoms with van der Waals surface area (Å²) in [6.07, 6.45) is 0. The number of hydrogen-bond acceptors (Lipinski definition) is 2. The third kappa shape index (κ3) is 5.26. The van der Waals surface area contributed by atoms with Crippen molar-refractivity contribution in [1.29, 1.82) is 0 Å². The first-order valence-electron chi connectivity index (χ1n) is 18.3. The molecule has 0 fully saturated rings. The van der Waals surface area contributed by atoms with Crippen molar-refractivity contribution in [2.75, 3.05) is 0 Å². The average molecular weight is 677 g/mol. The lowest BCUT2D eigenvalue weighted by atomic mass is 9.80. The predicted octanol–water partition coefficient (Wildman–Crippen LogP) is 13.4. The normalized spacial score (nSPS) is 12.9. The standard InChI is InChI=1S/C51H36N2/c1-51(2)46-32-41-17-7-6-16-40(41)31-45(46)49-47(51)48(44-24-12-18-36-15-8-9-23-43(36)44)52-50(53-49)42-22-11-21-39(30-42)38-20-10-19-37(29-38)35-27-25-34(26-28-35)33-13-4-3-5-14-33/h3-32H,1-2H3. The smallest absolute Gasteiger partial charge is 0.160 e. The third-order valence-electron chi connectivity index (χ3n) is 11.0. The van der Waals surface area contributed by atoms with Gasteiger partial charge in [0, 0.05) is 27.7 Å². The van der Waals surface area contributed by atoms with Gasteiger partial charge in [-0.1, -0.05) is 172 Å². The van der Waals surface area contributed by atoms with Crippen molar-refractivity contribution in [2.45, 2.75) is 19.3 Å². The van der Waals surface area contributed by atoms with E-state index in [2.05, 4.69) is 196 Å². The summed E-state index contributed by atoms with van der Waals surface area (Å²) < 4.78 is 0. The van der Waals surface area contributed by atoms with E-state index in [-0.39, 0.29) is 5.41 Å². The van der Waals surface area contributed by atoms with Crippen molar-refractivity contribution >= 4 is 21.5 Å². The van der Waals surface area contributed by atoms with Gasteiger partial charge in [-0.15, -0.1) is 0 Å². The molecule has 1 aromatic heterocycles. The molecule has 10 rings (SSSR count). The summed E-state index contributed by atoms with van der Waals surface area (Å²) in [5, 5.41) is 4.86. The molecule has 0 atom stereocenters. The molecule has 0 amide bonds. The monoisotopic (exact) mass is 676 g/mol. The minimum atomic E-state index is -0.291. The summed E-state index contributed by atoms with van der Waals surface area (Å²) in [5.74, 6) is 0.734. The topological polar surface area (TPSA) is 25.8 Å². The minimum Gasteiger partial charge on any atom is -0.228 e. The van der Waals surface area contributed by atoms with E-state index in [0.717, 1.165) is 39.5 Å². The summed E-state index contributed by atoms with van der Waals surface area (Å²) in [7, 11) is 0. The molecule has 1 heterocycles. The van der Waals surface area contributed by atoms with Crippen LogP contribution in [0.15, 0.2) is 182 Å². The molecular weight excluding hydrogens is 641 g/mol. The SMILES string of the molecule is CC1(C)c2cc3ccccc3cc2-c2nc(-c3cccc(-c4cccc(-c5ccc(-c6ccccc6)cc5)c4)c3)nc(-c3cccc4ccccc34)c21. The molecule has 1 aliphatic rings. The zero-order chi connectivity index (χ0) is 35.5. The van der Waals surface area contributed by atoms with E-state index in [1.807, 2.05) is 0 Å². The van der Waals surface area contributed by atoms with Gasteiger partial charge in [0.2, 0.25) is 0 Å². The van der Waals surface area contributed by atoms with Crippen LogP contribution >= 0.6 is 0 Å². The van der Waals surface area contributed by atoms with Gasteiger partial charge in [0.25, 0.3) is 0 Å². The fourth-order valence-electron chi connectivity index (χ4n) is 8.29. The Morgan fingerprint density at radius 3 is 1.55 bits per heavy atom. The Bertz CT molecular complexity index is 2840. The Hall–Kier alpha value is -6.64. The molecule has 250 valence electrons. The summed E-state index contributed by atoms with van der Waals surface area (Å²) in [6, 6.07) is 65.4. The largest absolute Gasteiger partial charge is 0.228 e. The van der Waals surface area contributed by atoms with Crippen molar-refractivity contribution in [3.05, 3.63) is 193 Å². The molecule has 0 bridgehead atoms. The lowest BCUT2D eigenvalue weighted by molar-refractivity contribution is 0.658. The Morgan fingerprint density at radius 1 is 0.358 bits per heavy atom. The van der Waals surface area contributed by atoms with Gasteiger partial charge in [-0.2, -0.15) is 0 Å². The highest BCUT2D eigenvalue weighted by molar-refractivity contribution is 6.00. The second-order valence-electron chi connectivity index (χ2n) is 14.6. The molecule has 8 aromatic carbocycles. The highest BCUT2D eigenvalue weighted by atomic mass is 14.9. The molecule has 2 nitrogen and oxygen atoms in total. The van der Waals surface area contributed by atoms with Crippen LogP contribution in [0.2, 0.25) is 0 Å². The van der Waals surface area contributed by atoms with Crippen LogP contribution in [0, 0.1) is 0 Å². The van der Waals surface area contributed by atoms with Gasteiger partial charge in [0.05, 0.1) is 11.4 Å². The Morgan fingerprint density at radius 2 is 0.830 bits per heavy atom. The van der Waals surface area contributed by atoms with E-state index in [0.29, 0.717) is 0 Å². The van der Waals surface area contributed by atoms with Crippen LogP contribution < -0.4 is 0 Å². The van der Waals surface area contributed by atoms with Crippen molar-refractivity contribution < 1.29 is 0 Å². The third-order valence-corrected chi connectivity index (χ3v) is 11.0. The maximum Gasteiger partial charge on any atom is 0.160 e. The molecule has 2 heteroatoms. The molecule has 0 saturated heterocycles. The van der Waals surface area contributed by atoms with Crippen molar-refractivity contribution in [1.82, 2.24) is 9.97 Å². The lowest BCUT2D eigenvalue weighted by Gasteiger charge is -2.24. The van der Waals surface area contributed by atoms with E-state index >= 15 is 0 Å². The highest BCUT2D eigenvalue weighted by Crippen LogP contribution is 2.53. The van der Waals surface area contributed by atoms with Crippen molar-refractivity contribution in [3.63, 3.8) is 0 Å². The van der Waals surface area contributed by atoms with E-state index in [1.54, 1.807) is 0 Å². The number of benzene rings is 8. The Kier molecular flexibility index (Phi) is 7.19. The summed E-state index contributed by atoms with van der Waals surface area (Å²) >= 11 is 0. The van der Waals surface area contributed by atoms with Crippen LogP contribution in [0.25, 0.3) is 88.8 Å². The van der Waals surface area contributed by atoms with Crippen LogP contribution in [-0.2, 0) is 5.41 Å². The van der Waals surface area contributed by atoms with E-state index < -0.39 is 0 Å². The van der Waals surface area contributed by atoms with E-state index in [1.165, 1.54) is 60.5 Å².